The number of aliphatic hydroxyl groups is 1. The van der Waals surface area contributed by atoms with Gasteiger partial charge in [0, 0.05) is 0 Å². The fourth-order valence-corrected chi connectivity index (χ4v) is 6.46. The minimum absolute atomic E-state index is 0.0815. The molecular weight excluding hydrogens is 234 g/mol. The molecule has 5 aliphatic rings. The molecule has 5 rings (SSSR count). The Morgan fingerprint density at radius 2 is 1.42 bits per heavy atom. The van der Waals surface area contributed by atoms with E-state index < -0.39 is 0 Å². The molecule has 0 amide bonds. The van der Waals surface area contributed by atoms with E-state index in [1.807, 2.05) is 0 Å². The number of rotatable bonds is 1. The van der Waals surface area contributed by atoms with E-state index in [1.54, 1.807) is 0 Å². The first-order chi connectivity index (χ1) is 9.20. The van der Waals surface area contributed by atoms with Crippen LogP contribution in [0.1, 0.15) is 57.8 Å². The van der Waals surface area contributed by atoms with Gasteiger partial charge in [0.1, 0.15) is 0 Å². The number of nitriles is 1. The molecule has 0 atom stereocenters. The Morgan fingerprint density at radius 3 is 1.89 bits per heavy atom. The zero-order valence-corrected chi connectivity index (χ0v) is 11.7. The Labute approximate surface area is 116 Å². The van der Waals surface area contributed by atoms with Crippen molar-refractivity contribution in [2.24, 2.45) is 35.0 Å². The molecule has 0 saturated heterocycles. The summed E-state index contributed by atoms with van der Waals surface area (Å²) in [7, 11) is 0. The maximum Gasteiger partial charge on any atom is 0.0692 e. The summed E-state index contributed by atoms with van der Waals surface area (Å²) in [6.45, 7) is 0. The van der Waals surface area contributed by atoms with Crippen molar-refractivity contribution >= 4 is 0 Å². The highest BCUT2D eigenvalue weighted by molar-refractivity contribution is 5.12. The van der Waals surface area contributed by atoms with Gasteiger partial charge in [0.2, 0.25) is 0 Å². The average Bonchev–Trinajstić information content (AvgIpc) is 2.40. The molecule has 104 valence electrons. The maximum atomic E-state index is 9.88. The van der Waals surface area contributed by atoms with E-state index in [9.17, 15) is 10.4 Å². The summed E-state index contributed by atoms with van der Waals surface area (Å²) in [5.41, 5.74) is -0.0815. The Bertz CT molecular complexity index is 374. The lowest BCUT2D eigenvalue weighted by molar-refractivity contribution is -0.0966. The van der Waals surface area contributed by atoms with Crippen molar-refractivity contribution in [3.8, 4) is 6.07 Å². The molecule has 5 aliphatic carbocycles. The number of hydrogen-bond donors (Lipinski definition) is 1. The summed E-state index contributed by atoms with van der Waals surface area (Å²) in [4.78, 5) is 0. The summed E-state index contributed by atoms with van der Waals surface area (Å²) in [6.07, 6.45) is 10.6. The van der Waals surface area contributed by atoms with Gasteiger partial charge in [0.05, 0.1) is 17.6 Å². The van der Waals surface area contributed by atoms with Crippen LogP contribution in [-0.4, -0.2) is 11.2 Å². The quantitative estimate of drug-likeness (QED) is 0.783. The zero-order valence-electron chi connectivity index (χ0n) is 11.7. The molecular formula is C17H25NO. The van der Waals surface area contributed by atoms with Gasteiger partial charge < -0.3 is 5.11 Å². The van der Waals surface area contributed by atoms with Crippen molar-refractivity contribution in [2.45, 2.75) is 63.9 Å². The second-order valence-electron chi connectivity index (χ2n) is 7.96. The van der Waals surface area contributed by atoms with E-state index in [0.717, 1.165) is 49.4 Å². The third kappa shape index (κ3) is 1.77. The van der Waals surface area contributed by atoms with Crippen molar-refractivity contribution in [1.82, 2.24) is 0 Å². The number of nitrogens with zero attached hydrogens (tertiary/aromatic N) is 1. The topological polar surface area (TPSA) is 44.0 Å². The van der Waals surface area contributed by atoms with Gasteiger partial charge in [-0.15, -0.1) is 0 Å². The minimum atomic E-state index is -0.140. The van der Waals surface area contributed by atoms with Crippen LogP contribution in [0.15, 0.2) is 0 Å². The van der Waals surface area contributed by atoms with Gasteiger partial charge in [-0.2, -0.15) is 5.26 Å². The van der Waals surface area contributed by atoms with Crippen molar-refractivity contribution in [1.29, 1.82) is 5.26 Å². The summed E-state index contributed by atoms with van der Waals surface area (Å²) < 4.78 is 0. The third-order valence-electron chi connectivity index (χ3n) is 6.93. The van der Waals surface area contributed by atoms with Crippen LogP contribution in [0.25, 0.3) is 0 Å². The minimum Gasteiger partial charge on any atom is -0.393 e. The molecule has 2 heteroatoms. The maximum absolute atomic E-state index is 9.88. The Balaban J connectivity index is 1.62. The first kappa shape index (κ1) is 12.2. The molecule has 0 heterocycles. The Hall–Kier alpha value is -0.550. The van der Waals surface area contributed by atoms with Gasteiger partial charge in [0.15, 0.2) is 0 Å². The van der Waals surface area contributed by atoms with Gasteiger partial charge in [-0.3, -0.25) is 0 Å². The van der Waals surface area contributed by atoms with Gasteiger partial charge in [-0.1, -0.05) is 0 Å². The largest absolute Gasteiger partial charge is 0.393 e. The molecule has 0 radical (unpaired) electrons. The van der Waals surface area contributed by atoms with E-state index >= 15 is 0 Å². The number of aliphatic hydroxyl groups excluding tert-OH is 1. The molecule has 5 saturated carbocycles. The fourth-order valence-electron chi connectivity index (χ4n) is 6.46. The molecule has 1 N–H and O–H groups in total. The molecule has 0 aliphatic heterocycles. The monoisotopic (exact) mass is 259 g/mol. The molecule has 0 spiro atoms. The smallest absolute Gasteiger partial charge is 0.0692 e. The van der Waals surface area contributed by atoms with Gasteiger partial charge in [-0.25, -0.2) is 0 Å². The third-order valence-corrected chi connectivity index (χ3v) is 6.93. The predicted molar refractivity (Wildman–Crippen MR) is 73.1 cm³/mol. The molecule has 0 aromatic carbocycles. The molecule has 0 unspecified atom stereocenters. The highest BCUT2D eigenvalue weighted by Crippen LogP contribution is 2.63. The van der Waals surface area contributed by atoms with Crippen LogP contribution in [0.3, 0.4) is 0 Å². The lowest BCUT2D eigenvalue weighted by atomic mass is 9.45. The summed E-state index contributed by atoms with van der Waals surface area (Å²) in [6, 6.07) is 2.75. The predicted octanol–water partition coefficient (Wildman–Crippen LogP) is 3.50. The first-order valence-corrected chi connectivity index (χ1v) is 8.29. The zero-order chi connectivity index (χ0) is 13.0. The van der Waals surface area contributed by atoms with Crippen molar-refractivity contribution in [3.05, 3.63) is 0 Å². The van der Waals surface area contributed by atoms with E-state index in [0.29, 0.717) is 5.92 Å². The van der Waals surface area contributed by atoms with Crippen LogP contribution in [0.5, 0.6) is 0 Å². The highest BCUT2D eigenvalue weighted by atomic mass is 16.3. The lowest BCUT2D eigenvalue weighted by Gasteiger charge is -2.59. The second-order valence-corrected chi connectivity index (χ2v) is 7.96. The standard InChI is InChI=1S/C17H25NO/c18-10-17(3-1-15(19)2-4-17)16-13-6-11-5-12(8-13)9-14(16)7-11/h11-16,19H,1-9H2. The van der Waals surface area contributed by atoms with Crippen LogP contribution in [0, 0.1) is 46.3 Å². The van der Waals surface area contributed by atoms with Crippen LogP contribution in [0.2, 0.25) is 0 Å². The van der Waals surface area contributed by atoms with Gasteiger partial charge in [0.25, 0.3) is 0 Å². The first-order valence-electron chi connectivity index (χ1n) is 8.29. The molecule has 4 bridgehead atoms. The van der Waals surface area contributed by atoms with Crippen LogP contribution >= 0.6 is 0 Å². The summed E-state index contributed by atoms with van der Waals surface area (Å²) in [5, 5.41) is 19.7. The van der Waals surface area contributed by atoms with Gasteiger partial charge >= 0.3 is 0 Å². The van der Waals surface area contributed by atoms with E-state index in [1.165, 1.54) is 32.1 Å². The highest BCUT2D eigenvalue weighted by Gasteiger charge is 2.56. The Morgan fingerprint density at radius 1 is 0.895 bits per heavy atom. The molecule has 0 aromatic heterocycles. The summed E-state index contributed by atoms with van der Waals surface area (Å²) in [5.74, 6) is 4.32. The molecule has 0 aromatic rings. The van der Waals surface area contributed by atoms with Crippen LogP contribution in [-0.2, 0) is 0 Å². The SMILES string of the molecule is N#CC1(C2C3CC4CC(C3)CC2C4)CCC(O)CC1. The van der Waals surface area contributed by atoms with Crippen molar-refractivity contribution in [2.75, 3.05) is 0 Å². The van der Waals surface area contributed by atoms with E-state index in [4.69, 9.17) is 0 Å². The van der Waals surface area contributed by atoms with Crippen LogP contribution < -0.4 is 0 Å². The van der Waals surface area contributed by atoms with Crippen molar-refractivity contribution < 1.29 is 5.11 Å². The molecule has 19 heavy (non-hydrogen) atoms. The average molecular weight is 259 g/mol. The van der Waals surface area contributed by atoms with Gasteiger partial charge in [-0.05, 0) is 87.4 Å². The van der Waals surface area contributed by atoms with E-state index in [-0.39, 0.29) is 11.5 Å². The Kier molecular flexibility index (Phi) is 2.71. The number of hydrogen-bond acceptors (Lipinski definition) is 2. The fraction of sp³-hybridized carbons (Fsp3) is 0.941. The lowest BCUT2D eigenvalue weighted by Crippen LogP contribution is -2.52. The van der Waals surface area contributed by atoms with E-state index in [2.05, 4.69) is 6.07 Å². The van der Waals surface area contributed by atoms with Crippen LogP contribution in [0.4, 0.5) is 0 Å². The normalized spacial score (nSPS) is 56.0. The second kappa shape index (κ2) is 4.22. The molecule has 5 fully saturated rings. The summed E-state index contributed by atoms with van der Waals surface area (Å²) >= 11 is 0. The van der Waals surface area contributed by atoms with Crippen molar-refractivity contribution in [3.63, 3.8) is 0 Å². The molecule has 2 nitrogen and oxygen atoms in total.